The summed E-state index contributed by atoms with van der Waals surface area (Å²) in [7, 11) is 4.02. The summed E-state index contributed by atoms with van der Waals surface area (Å²) in [5.41, 5.74) is 1.28. The van der Waals surface area contributed by atoms with Crippen LogP contribution in [0.5, 0.6) is 0 Å². The van der Waals surface area contributed by atoms with Gasteiger partial charge in [-0.1, -0.05) is 50.5 Å². The first kappa shape index (κ1) is 20.6. The van der Waals surface area contributed by atoms with Gasteiger partial charge >= 0.3 is 0 Å². The molecule has 0 saturated carbocycles. The van der Waals surface area contributed by atoms with Crippen molar-refractivity contribution in [3.8, 4) is 0 Å². The Labute approximate surface area is 180 Å². The maximum atomic E-state index is 13.3. The molecule has 0 saturated heterocycles. The van der Waals surface area contributed by atoms with Crippen LogP contribution < -0.4 is 4.90 Å². The first-order chi connectivity index (χ1) is 12.8. The first-order valence-electron chi connectivity index (χ1n) is 8.33. The molecule has 0 aliphatic heterocycles. The van der Waals surface area contributed by atoms with Crippen LogP contribution in [-0.4, -0.2) is 43.0 Å². The van der Waals surface area contributed by atoms with Crippen LogP contribution in [0, 0.1) is 0 Å². The molecule has 3 rings (SSSR count). The number of hydrogen-bond acceptors (Lipinski definition) is 4. The van der Waals surface area contributed by atoms with E-state index >= 15 is 0 Å². The minimum absolute atomic E-state index is 0.162. The van der Waals surface area contributed by atoms with Crippen LogP contribution in [0.15, 0.2) is 40.9 Å². The Hall–Kier alpha value is -1.18. The molecule has 0 aliphatic rings. The van der Waals surface area contributed by atoms with Gasteiger partial charge in [0, 0.05) is 16.0 Å². The number of amides is 1. The Morgan fingerprint density at radius 1 is 1.15 bits per heavy atom. The molecule has 142 valence electrons. The number of halogens is 3. The lowest BCUT2D eigenvalue weighted by molar-refractivity contribution is 0.0986. The summed E-state index contributed by atoms with van der Waals surface area (Å²) in [5, 5.41) is 1.72. The van der Waals surface area contributed by atoms with Crippen molar-refractivity contribution < 1.29 is 4.79 Å². The molecule has 0 fully saturated rings. The molecule has 0 atom stereocenters. The number of anilines is 1. The van der Waals surface area contributed by atoms with Crippen molar-refractivity contribution >= 4 is 71.7 Å². The fourth-order valence-electron chi connectivity index (χ4n) is 2.64. The highest BCUT2D eigenvalue weighted by Gasteiger charge is 2.23. The largest absolute Gasteiger partial charge is 0.309 e. The van der Waals surface area contributed by atoms with Gasteiger partial charge in [-0.3, -0.25) is 9.69 Å². The number of rotatable bonds is 6. The van der Waals surface area contributed by atoms with E-state index in [9.17, 15) is 4.79 Å². The Morgan fingerprint density at radius 3 is 2.67 bits per heavy atom. The Kier molecular flexibility index (Phi) is 6.76. The van der Waals surface area contributed by atoms with Gasteiger partial charge in [0.2, 0.25) is 0 Å². The zero-order chi connectivity index (χ0) is 19.6. The summed E-state index contributed by atoms with van der Waals surface area (Å²) in [5.74, 6) is -0.162. The third-order valence-corrected chi connectivity index (χ3v) is 6.06. The van der Waals surface area contributed by atoms with Gasteiger partial charge in [0.25, 0.3) is 5.91 Å². The smallest absolute Gasteiger partial charge is 0.261 e. The number of carbonyl (C=O) groups is 1. The normalized spacial score (nSPS) is 11.3. The average molecular weight is 487 g/mol. The second-order valence-electron chi connectivity index (χ2n) is 6.35. The highest BCUT2D eigenvalue weighted by atomic mass is 79.9. The standard InChI is InChI=1S/C19H18BrCl2N3OS/c1-24(2)8-3-9-25(18(26)14-10-12(20)4-6-15(14)22)19-23-16-7-5-13(21)11-17(16)27-19/h4-7,10-11H,3,8-9H2,1-2H3. The Bertz CT molecular complexity index is 977. The van der Waals surface area contributed by atoms with Crippen LogP contribution in [0.2, 0.25) is 10.0 Å². The quantitative estimate of drug-likeness (QED) is 0.431. The van der Waals surface area contributed by atoms with Gasteiger partial charge < -0.3 is 4.90 Å². The minimum Gasteiger partial charge on any atom is -0.309 e. The molecule has 4 nitrogen and oxygen atoms in total. The number of benzene rings is 2. The maximum Gasteiger partial charge on any atom is 0.261 e. The number of hydrogen-bond donors (Lipinski definition) is 0. The van der Waals surface area contributed by atoms with Crippen LogP contribution in [0.25, 0.3) is 10.2 Å². The van der Waals surface area contributed by atoms with E-state index in [1.54, 1.807) is 23.1 Å². The van der Waals surface area contributed by atoms with Crippen molar-refractivity contribution in [1.82, 2.24) is 9.88 Å². The van der Waals surface area contributed by atoms with Gasteiger partial charge in [-0.05, 0) is 63.5 Å². The second kappa shape index (κ2) is 8.88. The first-order valence-corrected chi connectivity index (χ1v) is 10.7. The van der Waals surface area contributed by atoms with E-state index in [-0.39, 0.29) is 5.91 Å². The van der Waals surface area contributed by atoms with E-state index in [1.807, 2.05) is 32.3 Å². The number of thiazole rings is 1. The summed E-state index contributed by atoms with van der Waals surface area (Å²) in [6.45, 7) is 1.42. The number of fused-ring (bicyclic) bond motifs is 1. The van der Waals surface area contributed by atoms with Crippen molar-refractivity contribution in [1.29, 1.82) is 0 Å². The Morgan fingerprint density at radius 2 is 1.93 bits per heavy atom. The zero-order valence-corrected chi connectivity index (χ0v) is 18.8. The van der Waals surface area contributed by atoms with Gasteiger partial charge in [-0.25, -0.2) is 4.98 Å². The van der Waals surface area contributed by atoms with E-state index in [4.69, 9.17) is 23.2 Å². The molecule has 0 radical (unpaired) electrons. The molecule has 0 N–H and O–H groups in total. The van der Waals surface area contributed by atoms with E-state index < -0.39 is 0 Å². The van der Waals surface area contributed by atoms with E-state index in [0.717, 1.165) is 27.7 Å². The predicted molar refractivity (Wildman–Crippen MR) is 119 cm³/mol. The van der Waals surface area contributed by atoms with Crippen molar-refractivity contribution in [2.45, 2.75) is 6.42 Å². The van der Waals surface area contributed by atoms with Crippen molar-refractivity contribution in [2.75, 3.05) is 32.1 Å². The molecule has 0 unspecified atom stereocenters. The molecule has 1 heterocycles. The summed E-state index contributed by atoms with van der Waals surface area (Å²) in [6.07, 6.45) is 0.820. The molecule has 0 aliphatic carbocycles. The van der Waals surface area contributed by atoms with Crippen molar-refractivity contribution in [3.63, 3.8) is 0 Å². The fourth-order valence-corrected chi connectivity index (χ4v) is 4.46. The number of aromatic nitrogens is 1. The van der Waals surface area contributed by atoms with Gasteiger partial charge in [-0.15, -0.1) is 0 Å². The van der Waals surface area contributed by atoms with Crippen molar-refractivity contribution in [3.05, 3.63) is 56.5 Å². The van der Waals surface area contributed by atoms with Crippen LogP contribution in [0.1, 0.15) is 16.8 Å². The fraction of sp³-hybridized carbons (Fsp3) is 0.263. The molecule has 0 bridgehead atoms. The molecule has 1 amide bonds. The van der Waals surface area contributed by atoms with Crippen molar-refractivity contribution in [2.24, 2.45) is 0 Å². The molecule has 3 aromatic rings. The van der Waals surface area contributed by atoms with Crippen LogP contribution >= 0.6 is 50.5 Å². The monoisotopic (exact) mass is 485 g/mol. The maximum absolute atomic E-state index is 13.3. The van der Waals surface area contributed by atoms with Gasteiger partial charge in [-0.2, -0.15) is 0 Å². The van der Waals surface area contributed by atoms with Crippen LogP contribution in [0.3, 0.4) is 0 Å². The summed E-state index contributed by atoms with van der Waals surface area (Å²) in [6, 6.07) is 10.8. The van der Waals surface area contributed by atoms with Gasteiger partial charge in [0.15, 0.2) is 5.13 Å². The number of carbonyl (C=O) groups excluding carboxylic acids is 1. The van der Waals surface area contributed by atoms with Gasteiger partial charge in [0.05, 0.1) is 20.8 Å². The topological polar surface area (TPSA) is 36.4 Å². The lowest BCUT2D eigenvalue weighted by atomic mass is 10.2. The third-order valence-electron chi connectivity index (χ3n) is 3.96. The molecular formula is C19H18BrCl2N3OS. The molecule has 27 heavy (non-hydrogen) atoms. The third kappa shape index (κ3) is 5.00. The summed E-state index contributed by atoms with van der Waals surface area (Å²) >= 11 is 17.3. The van der Waals surface area contributed by atoms with Crippen LogP contribution in [0.4, 0.5) is 5.13 Å². The van der Waals surface area contributed by atoms with E-state index in [2.05, 4.69) is 25.8 Å². The zero-order valence-electron chi connectivity index (χ0n) is 14.9. The number of nitrogens with zero attached hydrogens (tertiary/aromatic N) is 3. The molecule has 8 heteroatoms. The molecule has 1 aromatic heterocycles. The summed E-state index contributed by atoms with van der Waals surface area (Å²) in [4.78, 5) is 21.7. The SMILES string of the molecule is CN(C)CCCN(C(=O)c1cc(Br)ccc1Cl)c1nc2ccc(Cl)cc2s1. The summed E-state index contributed by atoms with van der Waals surface area (Å²) < 4.78 is 1.75. The average Bonchev–Trinajstić information content (AvgIpc) is 3.02. The predicted octanol–water partition coefficient (Wildman–Crippen LogP) is 5.96. The van der Waals surface area contributed by atoms with E-state index in [0.29, 0.717) is 27.3 Å². The Balaban J connectivity index is 1.98. The molecular weight excluding hydrogens is 469 g/mol. The van der Waals surface area contributed by atoms with E-state index in [1.165, 1.54) is 11.3 Å². The highest BCUT2D eigenvalue weighted by Crippen LogP contribution is 2.33. The second-order valence-corrected chi connectivity index (χ2v) is 9.11. The van der Waals surface area contributed by atoms with Gasteiger partial charge in [0.1, 0.15) is 0 Å². The molecule has 0 spiro atoms. The minimum atomic E-state index is -0.162. The lowest BCUT2D eigenvalue weighted by Gasteiger charge is -2.21. The van der Waals surface area contributed by atoms with Crippen LogP contribution in [-0.2, 0) is 0 Å². The highest BCUT2D eigenvalue weighted by molar-refractivity contribution is 9.10. The lowest BCUT2D eigenvalue weighted by Crippen LogP contribution is -2.33. The molecule has 2 aromatic carbocycles.